The Morgan fingerprint density at radius 3 is 2.71 bits per heavy atom. The second-order valence-electron chi connectivity index (χ2n) is 8.08. The molecule has 8 nitrogen and oxygen atoms in total. The standard InChI is InChI=1S/C23H29N5O3/c1-23(2,14-29)13-27-21(30)12-26-20-10-16(19-7-8-25-22(24-3)28-19)9-15-5-6-17(31-4)11-18(15)20/h5-11,26,29H,12-14H2,1-4H3,(H,27,30)(H,24,25,28). The molecular weight excluding hydrogens is 394 g/mol. The number of carbonyl (C=O) groups is 1. The van der Waals surface area contributed by atoms with Gasteiger partial charge in [-0.25, -0.2) is 9.97 Å². The summed E-state index contributed by atoms with van der Waals surface area (Å²) in [6.45, 7) is 4.28. The Morgan fingerprint density at radius 1 is 1.19 bits per heavy atom. The number of ether oxygens (including phenoxy) is 1. The summed E-state index contributed by atoms with van der Waals surface area (Å²) in [5.41, 5.74) is 2.11. The molecule has 0 saturated carbocycles. The summed E-state index contributed by atoms with van der Waals surface area (Å²) >= 11 is 0. The van der Waals surface area contributed by atoms with Crippen molar-refractivity contribution in [2.45, 2.75) is 13.8 Å². The topological polar surface area (TPSA) is 108 Å². The highest BCUT2D eigenvalue weighted by atomic mass is 16.5. The lowest BCUT2D eigenvalue weighted by atomic mass is 9.95. The zero-order valence-electron chi connectivity index (χ0n) is 18.3. The van der Waals surface area contributed by atoms with Crippen LogP contribution in [-0.4, -0.2) is 54.8 Å². The minimum Gasteiger partial charge on any atom is -0.497 e. The smallest absolute Gasteiger partial charge is 0.239 e. The summed E-state index contributed by atoms with van der Waals surface area (Å²) in [5.74, 6) is 1.12. The first-order valence-corrected chi connectivity index (χ1v) is 10.1. The largest absolute Gasteiger partial charge is 0.497 e. The molecule has 0 radical (unpaired) electrons. The monoisotopic (exact) mass is 423 g/mol. The Bertz CT molecular complexity index is 1070. The van der Waals surface area contributed by atoms with E-state index in [4.69, 9.17) is 4.74 Å². The molecule has 0 atom stereocenters. The number of methoxy groups -OCH3 is 1. The first-order chi connectivity index (χ1) is 14.8. The molecule has 8 heteroatoms. The number of nitrogens with one attached hydrogen (secondary N) is 3. The second-order valence-corrected chi connectivity index (χ2v) is 8.08. The lowest BCUT2D eigenvalue weighted by Crippen LogP contribution is -2.38. The number of hydrogen-bond donors (Lipinski definition) is 4. The van der Waals surface area contributed by atoms with E-state index >= 15 is 0 Å². The average molecular weight is 424 g/mol. The first-order valence-electron chi connectivity index (χ1n) is 10.1. The highest BCUT2D eigenvalue weighted by molar-refractivity contribution is 5.99. The number of rotatable bonds is 9. The third-order valence-electron chi connectivity index (χ3n) is 4.97. The van der Waals surface area contributed by atoms with Crippen LogP contribution in [0.25, 0.3) is 22.0 Å². The predicted octanol–water partition coefficient (Wildman–Crippen LogP) is 2.89. The van der Waals surface area contributed by atoms with Gasteiger partial charge in [0, 0.05) is 48.4 Å². The molecular formula is C23H29N5O3. The molecule has 1 aromatic heterocycles. The van der Waals surface area contributed by atoms with Crippen LogP contribution in [0.2, 0.25) is 0 Å². The van der Waals surface area contributed by atoms with Crippen molar-refractivity contribution in [3.05, 3.63) is 42.6 Å². The van der Waals surface area contributed by atoms with Gasteiger partial charge in [-0.15, -0.1) is 0 Å². The molecule has 0 aliphatic heterocycles. The molecule has 0 fully saturated rings. The van der Waals surface area contributed by atoms with E-state index in [9.17, 15) is 9.90 Å². The molecule has 2 aromatic carbocycles. The summed E-state index contributed by atoms with van der Waals surface area (Å²) < 4.78 is 5.38. The van der Waals surface area contributed by atoms with Crippen molar-refractivity contribution in [1.29, 1.82) is 0 Å². The maximum absolute atomic E-state index is 12.4. The molecule has 1 heterocycles. The molecule has 4 N–H and O–H groups in total. The third kappa shape index (κ3) is 5.61. The normalized spacial score (nSPS) is 11.3. The fraction of sp³-hybridized carbons (Fsp3) is 0.348. The van der Waals surface area contributed by atoms with Crippen LogP contribution < -0.4 is 20.7 Å². The van der Waals surface area contributed by atoms with Crippen molar-refractivity contribution >= 4 is 28.3 Å². The van der Waals surface area contributed by atoms with Crippen molar-refractivity contribution < 1.29 is 14.6 Å². The number of aliphatic hydroxyl groups excluding tert-OH is 1. The van der Waals surface area contributed by atoms with E-state index in [0.717, 1.165) is 33.5 Å². The van der Waals surface area contributed by atoms with Gasteiger partial charge in [0.1, 0.15) is 5.75 Å². The maximum Gasteiger partial charge on any atom is 0.239 e. The van der Waals surface area contributed by atoms with Crippen molar-refractivity contribution in [3.63, 3.8) is 0 Å². The number of benzene rings is 2. The molecule has 31 heavy (non-hydrogen) atoms. The summed E-state index contributed by atoms with van der Waals surface area (Å²) in [4.78, 5) is 21.1. The lowest BCUT2D eigenvalue weighted by Gasteiger charge is -2.22. The van der Waals surface area contributed by atoms with Gasteiger partial charge in [0.2, 0.25) is 11.9 Å². The molecule has 164 valence electrons. The number of amides is 1. The average Bonchev–Trinajstić information content (AvgIpc) is 2.80. The molecule has 0 saturated heterocycles. The number of anilines is 2. The molecule has 0 aliphatic rings. The second kappa shape index (κ2) is 9.61. The summed E-state index contributed by atoms with van der Waals surface area (Å²) in [5, 5.41) is 20.4. The Morgan fingerprint density at radius 2 is 2.00 bits per heavy atom. The molecule has 3 rings (SSSR count). The minimum absolute atomic E-state index is 0.000718. The Labute approximate surface area is 182 Å². The van der Waals surface area contributed by atoms with Crippen LogP contribution in [0.5, 0.6) is 5.75 Å². The number of fused-ring (bicyclic) bond motifs is 1. The SMILES string of the molecule is CNc1nccc(-c2cc(NCC(=O)NCC(C)(C)CO)c3cc(OC)ccc3c2)n1. The van der Waals surface area contributed by atoms with Gasteiger partial charge in [-0.2, -0.15) is 0 Å². The van der Waals surface area contributed by atoms with Crippen molar-refractivity contribution in [2.75, 3.05) is 44.5 Å². The highest BCUT2D eigenvalue weighted by Crippen LogP contribution is 2.33. The molecule has 0 aliphatic carbocycles. The van der Waals surface area contributed by atoms with Crippen molar-refractivity contribution in [2.24, 2.45) is 5.41 Å². The number of hydrogen-bond acceptors (Lipinski definition) is 7. The van der Waals surface area contributed by atoms with Gasteiger partial charge in [0.15, 0.2) is 0 Å². The fourth-order valence-corrected chi connectivity index (χ4v) is 3.03. The summed E-state index contributed by atoms with van der Waals surface area (Å²) in [7, 11) is 3.40. The van der Waals surface area contributed by atoms with Crippen LogP contribution in [0.1, 0.15) is 13.8 Å². The zero-order chi connectivity index (χ0) is 22.4. The van der Waals surface area contributed by atoms with Crippen LogP contribution in [0, 0.1) is 5.41 Å². The quantitative estimate of drug-likeness (QED) is 0.419. The van der Waals surface area contributed by atoms with Gasteiger partial charge < -0.3 is 25.8 Å². The van der Waals surface area contributed by atoms with Crippen LogP contribution in [0.15, 0.2) is 42.6 Å². The lowest BCUT2D eigenvalue weighted by molar-refractivity contribution is -0.119. The van der Waals surface area contributed by atoms with E-state index in [0.29, 0.717) is 12.5 Å². The first kappa shape index (κ1) is 22.3. The number of aliphatic hydroxyl groups is 1. The maximum atomic E-state index is 12.4. The number of aromatic nitrogens is 2. The van der Waals surface area contributed by atoms with Gasteiger partial charge >= 0.3 is 0 Å². The zero-order valence-corrected chi connectivity index (χ0v) is 18.3. The van der Waals surface area contributed by atoms with Crippen LogP contribution >= 0.6 is 0 Å². The molecule has 1 amide bonds. The van der Waals surface area contributed by atoms with E-state index < -0.39 is 0 Å². The Hall–Kier alpha value is -3.39. The molecule has 0 bridgehead atoms. The predicted molar refractivity (Wildman–Crippen MR) is 123 cm³/mol. The van der Waals surface area contributed by atoms with Crippen molar-refractivity contribution in [3.8, 4) is 17.0 Å². The minimum atomic E-state index is -0.367. The van der Waals surface area contributed by atoms with E-state index in [1.165, 1.54) is 0 Å². The Kier molecular flexibility index (Phi) is 6.91. The van der Waals surface area contributed by atoms with E-state index in [1.807, 2.05) is 50.2 Å². The van der Waals surface area contributed by atoms with Gasteiger partial charge in [0.25, 0.3) is 0 Å². The van der Waals surface area contributed by atoms with E-state index in [1.54, 1.807) is 20.4 Å². The van der Waals surface area contributed by atoms with Crippen LogP contribution in [-0.2, 0) is 4.79 Å². The van der Waals surface area contributed by atoms with Gasteiger partial charge in [0.05, 0.1) is 19.3 Å². The third-order valence-corrected chi connectivity index (χ3v) is 4.97. The van der Waals surface area contributed by atoms with Gasteiger partial charge in [-0.1, -0.05) is 19.9 Å². The van der Waals surface area contributed by atoms with E-state index in [2.05, 4.69) is 25.9 Å². The summed E-state index contributed by atoms with van der Waals surface area (Å²) in [6.07, 6.45) is 1.70. The fourth-order valence-electron chi connectivity index (χ4n) is 3.03. The summed E-state index contributed by atoms with van der Waals surface area (Å²) in [6, 6.07) is 11.7. The molecule has 0 unspecified atom stereocenters. The van der Waals surface area contributed by atoms with Crippen LogP contribution in [0.3, 0.4) is 0 Å². The molecule has 0 spiro atoms. The number of nitrogens with zero attached hydrogens (tertiary/aromatic N) is 2. The van der Waals surface area contributed by atoms with Crippen molar-refractivity contribution in [1.82, 2.24) is 15.3 Å². The van der Waals surface area contributed by atoms with Gasteiger partial charge in [-0.3, -0.25) is 4.79 Å². The Balaban J connectivity index is 1.91. The number of carbonyl (C=O) groups excluding carboxylic acids is 1. The highest BCUT2D eigenvalue weighted by Gasteiger charge is 2.17. The van der Waals surface area contributed by atoms with E-state index in [-0.39, 0.29) is 24.5 Å². The van der Waals surface area contributed by atoms with Gasteiger partial charge in [-0.05, 0) is 35.7 Å². The molecule has 3 aromatic rings. The van der Waals surface area contributed by atoms with Crippen LogP contribution in [0.4, 0.5) is 11.6 Å².